The molecule has 2 nitrogen and oxygen atoms in total. The van der Waals surface area contributed by atoms with E-state index in [1.165, 1.54) is 19.3 Å². The van der Waals surface area contributed by atoms with Gasteiger partial charge < -0.3 is 5.11 Å². The van der Waals surface area contributed by atoms with Crippen LogP contribution in [-0.4, -0.2) is 17.0 Å². The van der Waals surface area contributed by atoms with Gasteiger partial charge in [0.2, 0.25) is 0 Å². The maximum Gasteiger partial charge on any atom is 0.138 e. The average Bonchev–Trinajstić information content (AvgIpc) is 2.70. The molecule has 0 aliphatic heterocycles. The number of Topliss-reactive ketones (excluding diaryl/α,β-unsaturated/α-hetero) is 1. The van der Waals surface area contributed by atoms with Crippen molar-refractivity contribution in [3.05, 3.63) is 0 Å². The molecule has 0 amide bonds. The van der Waals surface area contributed by atoms with Crippen molar-refractivity contribution in [3.8, 4) is 0 Å². The van der Waals surface area contributed by atoms with Gasteiger partial charge in [0.25, 0.3) is 0 Å². The molecule has 0 bridgehead atoms. The van der Waals surface area contributed by atoms with E-state index in [1.54, 1.807) is 0 Å². The van der Waals surface area contributed by atoms with Gasteiger partial charge in [-0.3, -0.25) is 4.79 Å². The van der Waals surface area contributed by atoms with Crippen LogP contribution in [-0.2, 0) is 4.79 Å². The number of hydrogen-bond acceptors (Lipinski definition) is 2. The highest BCUT2D eigenvalue weighted by Crippen LogP contribution is 2.30. The number of aliphatic hydroxyl groups excluding tert-OH is 1. The van der Waals surface area contributed by atoms with Crippen molar-refractivity contribution in [2.24, 2.45) is 23.7 Å². The fourth-order valence-corrected chi connectivity index (χ4v) is 2.54. The number of aliphatic hydroxyl groups is 1. The zero-order valence-electron chi connectivity index (χ0n) is 11.1. The summed E-state index contributed by atoms with van der Waals surface area (Å²) in [6, 6.07) is 0. The van der Waals surface area contributed by atoms with E-state index in [4.69, 9.17) is 5.11 Å². The van der Waals surface area contributed by atoms with Crippen molar-refractivity contribution in [2.75, 3.05) is 0 Å². The second-order valence-electron chi connectivity index (χ2n) is 5.77. The number of carbonyl (C=O) groups is 1. The van der Waals surface area contributed by atoms with E-state index in [-0.39, 0.29) is 23.7 Å². The lowest BCUT2D eigenvalue weighted by atomic mass is 9.99. The number of carbonyl (C=O) groups excluding carboxylic acids is 1. The molecule has 2 aliphatic carbocycles. The van der Waals surface area contributed by atoms with Crippen LogP contribution in [0.1, 0.15) is 53.4 Å². The summed E-state index contributed by atoms with van der Waals surface area (Å²) < 4.78 is 0. The molecule has 2 saturated carbocycles. The molecule has 0 saturated heterocycles. The van der Waals surface area contributed by atoms with Crippen LogP contribution in [0.3, 0.4) is 0 Å². The van der Waals surface area contributed by atoms with Crippen LogP contribution in [0.2, 0.25) is 0 Å². The van der Waals surface area contributed by atoms with E-state index in [0.29, 0.717) is 6.42 Å². The van der Waals surface area contributed by atoms with E-state index >= 15 is 0 Å². The van der Waals surface area contributed by atoms with Crippen molar-refractivity contribution in [3.63, 3.8) is 0 Å². The highest BCUT2D eigenvalue weighted by atomic mass is 16.3. The fraction of sp³-hybridized carbons (Fsp3) is 0.929. The molecule has 0 aromatic rings. The molecule has 0 heterocycles. The fourth-order valence-electron chi connectivity index (χ4n) is 2.54. The molecule has 1 N–H and O–H groups in total. The Balaban J connectivity index is 0.000000165. The predicted molar refractivity (Wildman–Crippen MR) is 66.1 cm³/mol. The van der Waals surface area contributed by atoms with Crippen molar-refractivity contribution in [1.29, 1.82) is 0 Å². The summed E-state index contributed by atoms with van der Waals surface area (Å²) in [7, 11) is 0. The molecular formula is C14H26O2. The largest absolute Gasteiger partial charge is 0.392 e. The second kappa shape index (κ2) is 5.81. The van der Waals surface area contributed by atoms with Crippen LogP contribution in [0.25, 0.3) is 0 Å². The summed E-state index contributed by atoms with van der Waals surface area (Å²) in [5.74, 6) is 2.47. The van der Waals surface area contributed by atoms with Gasteiger partial charge in [-0.05, 0) is 17.8 Å². The first-order valence-corrected chi connectivity index (χ1v) is 6.64. The van der Waals surface area contributed by atoms with Gasteiger partial charge in [-0.25, -0.2) is 0 Å². The lowest BCUT2D eigenvalue weighted by Crippen LogP contribution is -2.13. The quantitative estimate of drug-likeness (QED) is 0.689. The molecule has 2 aliphatic rings. The van der Waals surface area contributed by atoms with Crippen molar-refractivity contribution in [1.82, 2.24) is 0 Å². The third-order valence-electron chi connectivity index (χ3n) is 4.60. The molecule has 2 rings (SSSR count). The minimum absolute atomic E-state index is 0.0694. The first-order chi connectivity index (χ1) is 7.43. The second-order valence-corrected chi connectivity index (χ2v) is 5.77. The van der Waals surface area contributed by atoms with Crippen LogP contribution in [0, 0.1) is 23.7 Å². The summed E-state index contributed by atoms with van der Waals surface area (Å²) in [6.45, 7) is 8.51. The number of ketones is 1. The van der Waals surface area contributed by atoms with Crippen LogP contribution in [0.15, 0.2) is 0 Å². The molecule has 0 aromatic heterocycles. The molecule has 0 radical (unpaired) electrons. The summed E-state index contributed by atoms with van der Waals surface area (Å²) in [6.07, 6.45) is 4.40. The molecular weight excluding hydrogens is 200 g/mol. The first-order valence-electron chi connectivity index (χ1n) is 6.64. The van der Waals surface area contributed by atoms with E-state index < -0.39 is 0 Å². The SMILES string of the molecule is CC1C(=O)CC(O)C1C.CC1CCCC1C. The predicted octanol–water partition coefficient (Wildman–Crippen LogP) is 3.03. The van der Waals surface area contributed by atoms with Gasteiger partial charge in [-0.15, -0.1) is 0 Å². The Labute approximate surface area is 99.4 Å². The van der Waals surface area contributed by atoms with Crippen molar-refractivity contribution in [2.45, 2.75) is 59.5 Å². The maximum absolute atomic E-state index is 10.8. The highest BCUT2D eigenvalue weighted by molar-refractivity contribution is 5.83. The molecule has 0 spiro atoms. The van der Waals surface area contributed by atoms with Crippen LogP contribution in [0.5, 0.6) is 0 Å². The molecule has 5 unspecified atom stereocenters. The standard InChI is InChI=1S/C7H12O2.C7H14/c1-4-5(2)7(9)3-6(4)8;1-6-4-3-5-7(6)2/h4-6,8H,3H2,1-2H3;6-7H,3-5H2,1-2H3. The number of rotatable bonds is 0. The van der Waals surface area contributed by atoms with Crippen molar-refractivity contribution < 1.29 is 9.90 Å². The van der Waals surface area contributed by atoms with Gasteiger partial charge in [0.15, 0.2) is 0 Å². The minimum Gasteiger partial charge on any atom is -0.392 e. The van der Waals surface area contributed by atoms with Gasteiger partial charge >= 0.3 is 0 Å². The molecule has 2 heteroatoms. The van der Waals surface area contributed by atoms with E-state index in [2.05, 4.69) is 13.8 Å². The molecule has 16 heavy (non-hydrogen) atoms. The van der Waals surface area contributed by atoms with E-state index in [0.717, 1.165) is 11.8 Å². The lowest BCUT2D eigenvalue weighted by Gasteiger charge is -2.09. The summed E-state index contributed by atoms with van der Waals surface area (Å²) in [5.41, 5.74) is 0. The molecule has 94 valence electrons. The average molecular weight is 226 g/mol. The Hall–Kier alpha value is -0.370. The topological polar surface area (TPSA) is 37.3 Å². The Kier molecular flexibility index (Phi) is 4.97. The van der Waals surface area contributed by atoms with E-state index in [9.17, 15) is 4.79 Å². The molecule has 0 aromatic carbocycles. The summed E-state index contributed by atoms with van der Waals surface area (Å²) in [4.78, 5) is 10.8. The maximum atomic E-state index is 10.8. The zero-order valence-corrected chi connectivity index (χ0v) is 11.1. The minimum atomic E-state index is -0.382. The first kappa shape index (κ1) is 13.7. The van der Waals surface area contributed by atoms with E-state index in [1.807, 2.05) is 13.8 Å². The van der Waals surface area contributed by atoms with Crippen LogP contribution < -0.4 is 0 Å². The van der Waals surface area contributed by atoms with Crippen LogP contribution >= 0.6 is 0 Å². The lowest BCUT2D eigenvalue weighted by molar-refractivity contribution is -0.120. The third-order valence-corrected chi connectivity index (χ3v) is 4.60. The normalized spacial score (nSPS) is 43.1. The van der Waals surface area contributed by atoms with Crippen molar-refractivity contribution >= 4 is 5.78 Å². The van der Waals surface area contributed by atoms with Gasteiger partial charge in [-0.1, -0.05) is 47.0 Å². The van der Waals surface area contributed by atoms with Gasteiger partial charge in [0.1, 0.15) is 5.78 Å². The third kappa shape index (κ3) is 3.31. The Morgan fingerprint density at radius 2 is 1.56 bits per heavy atom. The Morgan fingerprint density at radius 1 is 1.06 bits per heavy atom. The Bertz CT molecular complexity index is 229. The highest BCUT2D eigenvalue weighted by Gasteiger charge is 2.34. The Morgan fingerprint density at radius 3 is 1.69 bits per heavy atom. The van der Waals surface area contributed by atoms with Gasteiger partial charge in [0, 0.05) is 12.3 Å². The monoisotopic (exact) mass is 226 g/mol. The summed E-state index contributed by atoms with van der Waals surface area (Å²) in [5, 5.41) is 9.12. The number of hydrogen-bond donors (Lipinski definition) is 1. The van der Waals surface area contributed by atoms with Gasteiger partial charge in [0.05, 0.1) is 6.10 Å². The summed E-state index contributed by atoms with van der Waals surface area (Å²) >= 11 is 0. The molecule has 2 fully saturated rings. The zero-order chi connectivity index (χ0) is 12.3. The smallest absolute Gasteiger partial charge is 0.138 e. The van der Waals surface area contributed by atoms with Crippen LogP contribution in [0.4, 0.5) is 0 Å². The molecule has 5 atom stereocenters. The van der Waals surface area contributed by atoms with Gasteiger partial charge in [-0.2, -0.15) is 0 Å².